The molecular weight excluding hydrogens is 605 g/mol. The summed E-state index contributed by atoms with van der Waals surface area (Å²) in [4.78, 5) is 12.9. The lowest BCUT2D eigenvalue weighted by Gasteiger charge is -2.31. The average molecular weight is 623 g/mol. The van der Waals surface area contributed by atoms with Crippen LogP contribution in [0.25, 0.3) is 11.1 Å². The number of sulfonamides is 2. The Bertz CT molecular complexity index is 1830. The fourth-order valence-corrected chi connectivity index (χ4v) is 7.41. The quantitative estimate of drug-likeness (QED) is 0.264. The molecule has 0 atom stereocenters. The number of carbonyl (C=O) groups excluding carboxylic acids is 1. The van der Waals surface area contributed by atoms with E-state index in [1.807, 2.05) is 0 Å². The van der Waals surface area contributed by atoms with Crippen molar-refractivity contribution in [2.75, 3.05) is 20.9 Å². The van der Waals surface area contributed by atoms with Crippen molar-refractivity contribution in [1.82, 2.24) is 0 Å². The van der Waals surface area contributed by atoms with E-state index < -0.39 is 32.5 Å². The Hall–Kier alpha value is -3.28. The van der Waals surface area contributed by atoms with E-state index in [0.717, 1.165) is 4.31 Å². The Labute approximate surface area is 240 Å². The van der Waals surface area contributed by atoms with Crippen LogP contribution in [-0.2, 0) is 24.8 Å². The van der Waals surface area contributed by atoms with Crippen LogP contribution in [0.2, 0.25) is 15.1 Å². The molecule has 13 heteroatoms. The number of halogens is 3. The van der Waals surface area contributed by atoms with Crippen LogP contribution in [0.1, 0.15) is 0 Å². The van der Waals surface area contributed by atoms with Gasteiger partial charge < -0.3 is 5.32 Å². The lowest BCUT2D eigenvalue weighted by atomic mass is 10.0. The summed E-state index contributed by atoms with van der Waals surface area (Å²) in [5.74, 6) is -0.627. The molecule has 2 N–H and O–H groups in total. The smallest absolute Gasteiger partial charge is 0.265 e. The minimum absolute atomic E-state index is 0.0609. The number of carbonyl (C=O) groups is 1. The van der Waals surface area contributed by atoms with Crippen molar-refractivity contribution < 1.29 is 21.6 Å². The zero-order valence-corrected chi connectivity index (χ0v) is 23.6. The molecule has 1 amide bonds. The molecule has 39 heavy (non-hydrogen) atoms. The molecule has 0 spiro atoms. The molecule has 4 aromatic carbocycles. The Morgan fingerprint density at radius 2 is 1.56 bits per heavy atom. The summed E-state index contributed by atoms with van der Waals surface area (Å²) in [7, 11) is -8.04. The monoisotopic (exact) mass is 621 g/mol. The highest BCUT2D eigenvalue weighted by molar-refractivity contribution is 7.93. The Morgan fingerprint density at radius 1 is 0.846 bits per heavy atom. The maximum absolute atomic E-state index is 13.4. The third-order valence-electron chi connectivity index (χ3n) is 5.90. The van der Waals surface area contributed by atoms with Gasteiger partial charge in [-0.05, 0) is 60.7 Å². The van der Waals surface area contributed by atoms with Gasteiger partial charge in [-0.1, -0.05) is 59.1 Å². The van der Waals surface area contributed by atoms with E-state index in [1.165, 1.54) is 42.5 Å². The highest BCUT2D eigenvalue weighted by atomic mass is 35.5. The molecule has 0 radical (unpaired) electrons. The Kier molecular flexibility index (Phi) is 7.25. The highest BCUT2D eigenvalue weighted by Gasteiger charge is 2.36. The first-order valence-corrected chi connectivity index (χ1v) is 15.3. The average Bonchev–Trinajstić information content (AvgIpc) is 2.90. The van der Waals surface area contributed by atoms with Crippen molar-refractivity contribution in [3.05, 3.63) is 100.0 Å². The first kappa shape index (κ1) is 27.3. The van der Waals surface area contributed by atoms with E-state index in [-0.39, 0.29) is 31.2 Å². The van der Waals surface area contributed by atoms with Crippen LogP contribution in [-0.4, -0.2) is 29.3 Å². The molecular formula is C26H18Cl3N3O5S2. The SMILES string of the molecule is O=C(CN1c2ccc(Cl)cc2-c2ccccc2S1(=O)=O)Nc1ccc(S(=O)(=O)Nc2cccc(Cl)c2Cl)cc1. The summed E-state index contributed by atoms with van der Waals surface area (Å²) >= 11 is 18.2. The summed E-state index contributed by atoms with van der Waals surface area (Å²) in [6.07, 6.45) is 0. The largest absolute Gasteiger partial charge is 0.325 e. The molecule has 0 aliphatic carbocycles. The zero-order valence-electron chi connectivity index (χ0n) is 19.7. The van der Waals surface area contributed by atoms with Crippen molar-refractivity contribution in [1.29, 1.82) is 0 Å². The van der Waals surface area contributed by atoms with Gasteiger partial charge in [-0.25, -0.2) is 16.8 Å². The molecule has 0 saturated carbocycles. The van der Waals surface area contributed by atoms with Gasteiger partial charge in [-0.2, -0.15) is 0 Å². The summed E-state index contributed by atoms with van der Waals surface area (Å²) in [6, 6.07) is 21.2. The lowest BCUT2D eigenvalue weighted by Crippen LogP contribution is -2.40. The van der Waals surface area contributed by atoms with E-state index in [2.05, 4.69) is 10.0 Å². The van der Waals surface area contributed by atoms with E-state index >= 15 is 0 Å². The van der Waals surface area contributed by atoms with Crippen LogP contribution in [0.5, 0.6) is 0 Å². The third-order valence-corrected chi connectivity index (χ3v) is 10.2. The fourth-order valence-electron chi connectivity index (χ4n) is 4.11. The van der Waals surface area contributed by atoms with Gasteiger partial charge in [0, 0.05) is 21.8 Å². The molecule has 1 aliphatic rings. The molecule has 1 heterocycles. The van der Waals surface area contributed by atoms with E-state index in [9.17, 15) is 21.6 Å². The number of amides is 1. The first-order valence-electron chi connectivity index (χ1n) is 11.3. The number of nitrogens with one attached hydrogen (secondary N) is 2. The number of fused-ring (bicyclic) bond motifs is 3. The van der Waals surface area contributed by atoms with Crippen molar-refractivity contribution in [2.24, 2.45) is 0 Å². The van der Waals surface area contributed by atoms with E-state index in [0.29, 0.717) is 21.8 Å². The van der Waals surface area contributed by atoms with E-state index in [4.69, 9.17) is 34.8 Å². The van der Waals surface area contributed by atoms with Crippen LogP contribution in [0, 0.1) is 0 Å². The molecule has 0 bridgehead atoms. The second-order valence-corrected chi connectivity index (χ2v) is 13.2. The number of nitrogens with zero attached hydrogens (tertiary/aromatic N) is 1. The maximum atomic E-state index is 13.4. The van der Waals surface area contributed by atoms with Gasteiger partial charge in [-0.3, -0.25) is 13.8 Å². The lowest BCUT2D eigenvalue weighted by molar-refractivity contribution is -0.114. The zero-order chi connectivity index (χ0) is 27.9. The van der Waals surface area contributed by atoms with Crippen LogP contribution in [0.3, 0.4) is 0 Å². The van der Waals surface area contributed by atoms with Crippen LogP contribution in [0.4, 0.5) is 17.1 Å². The fraction of sp³-hybridized carbons (Fsp3) is 0.0385. The van der Waals surface area contributed by atoms with Crippen molar-refractivity contribution in [2.45, 2.75) is 9.79 Å². The van der Waals surface area contributed by atoms with Gasteiger partial charge >= 0.3 is 0 Å². The molecule has 0 fully saturated rings. The van der Waals surface area contributed by atoms with Crippen molar-refractivity contribution in [3.8, 4) is 11.1 Å². The molecule has 1 aliphatic heterocycles. The van der Waals surface area contributed by atoms with Crippen LogP contribution >= 0.6 is 34.8 Å². The number of hydrogen-bond acceptors (Lipinski definition) is 5. The van der Waals surface area contributed by atoms with Crippen LogP contribution < -0.4 is 14.3 Å². The first-order chi connectivity index (χ1) is 18.5. The van der Waals surface area contributed by atoms with Crippen molar-refractivity contribution in [3.63, 3.8) is 0 Å². The summed E-state index contributed by atoms with van der Waals surface area (Å²) in [6.45, 7) is -0.514. The number of anilines is 3. The summed E-state index contributed by atoms with van der Waals surface area (Å²) < 4.78 is 55.8. The predicted octanol–water partition coefficient (Wildman–Crippen LogP) is 6.26. The number of rotatable bonds is 6. The minimum Gasteiger partial charge on any atom is -0.325 e. The van der Waals surface area contributed by atoms with E-state index in [1.54, 1.807) is 42.5 Å². The summed E-state index contributed by atoms with van der Waals surface area (Å²) in [5, 5.41) is 3.29. The molecule has 0 unspecified atom stereocenters. The summed E-state index contributed by atoms with van der Waals surface area (Å²) in [5.41, 5.74) is 1.79. The topological polar surface area (TPSA) is 113 Å². The molecule has 200 valence electrons. The molecule has 0 aromatic heterocycles. The Balaban J connectivity index is 1.35. The highest BCUT2D eigenvalue weighted by Crippen LogP contribution is 2.43. The number of benzene rings is 4. The molecule has 5 rings (SSSR count). The Morgan fingerprint density at radius 3 is 2.31 bits per heavy atom. The van der Waals surface area contributed by atoms with Gasteiger partial charge in [0.2, 0.25) is 5.91 Å². The van der Waals surface area contributed by atoms with Gasteiger partial charge in [0.15, 0.2) is 0 Å². The maximum Gasteiger partial charge on any atom is 0.265 e. The van der Waals surface area contributed by atoms with Gasteiger partial charge in [-0.15, -0.1) is 0 Å². The number of hydrogen-bond donors (Lipinski definition) is 2. The second-order valence-electron chi connectivity index (χ2n) is 8.45. The predicted molar refractivity (Wildman–Crippen MR) is 154 cm³/mol. The third kappa shape index (κ3) is 5.30. The van der Waals surface area contributed by atoms with Gasteiger partial charge in [0.1, 0.15) is 6.54 Å². The second kappa shape index (κ2) is 10.4. The molecule has 8 nitrogen and oxygen atoms in total. The molecule has 0 saturated heterocycles. The van der Waals surface area contributed by atoms with Gasteiger partial charge in [0.25, 0.3) is 20.0 Å². The van der Waals surface area contributed by atoms with Crippen molar-refractivity contribution >= 4 is 77.8 Å². The molecule has 4 aromatic rings. The minimum atomic E-state index is -4.04. The standard InChI is InChI=1S/C26H18Cl3N3O5S2/c27-16-8-13-23-20(14-16)19-4-1-2-7-24(19)39(36,37)32(23)15-25(33)30-17-9-11-18(12-10-17)38(34,35)31-22-6-3-5-21(28)26(22)29/h1-14,31H,15H2,(H,30,33). The normalized spacial score (nSPS) is 13.8. The van der Waals surface area contributed by atoms with Gasteiger partial charge in [0.05, 0.1) is 31.2 Å². The van der Waals surface area contributed by atoms with Crippen LogP contribution in [0.15, 0.2) is 94.7 Å².